The molecule has 0 fully saturated rings. The third-order valence-electron chi connectivity index (χ3n) is 5.86. The van der Waals surface area contributed by atoms with E-state index in [1.165, 1.54) is 19.2 Å². The van der Waals surface area contributed by atoms with Crippen LogP contribution in [0.1, 0.15) is 19.8 Å². The van der Waals surface area contributed by atoms with Crippen molar-refractivity contribution in [2.75, 3.05) is 48.4 Å². The van der Waals surface area contributed by atoms with E-state index in [4.69, 9.17) is 4.74 Å². The molecule has 3 aromatic carbocycles. The van der Waals surface area contributed by atoms with E-state index in [2.05, 4.69) is 30.6 Å². The van der Waals surface area contributed by atoms with Crippen molar-refractivity contribution < 1.29 is 22.7 Å². The van der Waals surface area contributed by atoms with Crippen molar-refractivity contribution >= 4 is 61.6 Å². The lowest BCUT2D eigenvalue weighted by Gasteiger charge is -2.16. The number of hydrogen-bond donors (Lipinski definition) is 4. The monoisotopic (exact) mass is 591 g/mol. The van der Waals surface area contributed by atoms with Crippen LogP contribution in [0.2, 0.25) is 0 Å². The summed E-state index contributed by atoms with van der Waals surface area (Å²) in [5.74, 6) is 0.116. The van der Waals surface area contributed by atoms with Gasteiger partial charge in [-0.3, -0.25) is 14.3 Å². The molecule has 0 saturated heterocycles. The van der Waals surface area contributed by atoms with Crippen LogP contribution < -0.4 is 25.4 Å². The number of fused-ring (bicyclic) bond motifs is 1. The van der Waals surface area contributed by atoms with Crippen LogP contribution in [0.25, 0.3) is 11.0 Å². The molecule has 4 N–H and O–H groups in total. The Morgan fingerprint density at radius 3 is 2.17 bits per heavy atom. The zero-order valence-corrected chi connectivity index (χ0v) is 24.6. The maximum absolute atomic E-state index is 13.5. The van der Waals surface area contributed by atoms with Gasteiger partial charge in [-0.25, -0.2) is 18.4 Å². The highest BCUT2D eigenvalue weighted by Gasteiger charge is 2.20. The van der Waals surface area contributed by atoms with Crippen LogP contribution in [0.15, 0.2) is 71.6 Å². The summed E-state index contributed by atoms with van der Waals surface area (Å²) < 4.78 is 34.9. The Hall–Kier alpha value is -4.75. The number of carbonyl (C=O) groups excluding carboxylic acids is 2. The van der Waals surface area contributed by atoms with Crippen LogP contribution in [-0.2, 0) is 19.6 Å². The SMILES string of the molecule is CCCC(=O)Nc1cccc(S(=O)(=O)Nc2nc3ccccc3nc2Nc2cc(NC(=O)CN(C)C)cc(OC)c2)c1. The number of likely N-dealkylation sites (N-methyl/N-ethyl adjacent to an activating group) is 1. The summed E-state index contributed by atoms with van der Waals surface area (Å²) in [6, 6.07) is 18.0. The molecule has 0 aliphatic heterocycles. The van der Waals surface area contributed by atoms with E-state index >= 15 is 0 Å². The van der Waals surface area contributed by atoms with Gasteiger partial charge in [0.15, 0.2) is 11.6 Å². The van der Waals surface area contributed by atoms with Gasteiger partial charge in [0.1, 0.15) is 5.75 Å². The standard InChI is InChI=1S/C29H33N7O5S/c1-5-9-26(37)30-19-10-8-11-23(17-19)42(39,40)35-29-28(33-24-12-6-7-13-25(24)34-29)32-21-14-20(15-22(16-21)41-4)31-27(38)18-36(2)3/h6-8,10-17H,5,9,18H2,1-4H3,(H,30,37)(H,31,38)(H,32,33)(H,34,35). The molecule has 0 atom stereocenters. The Bertz CT molecular complexity index is 1710. The third kappa shape index (κ3) is 7.92. The highest BCUT2D eigenvalue weighted by Crippen LogP contribution is 2.31. The molecule has 1 aromatic heterocycles. The number of benzene rings is 3. The van der Waals surface area contributed by atoms with Crippen molar-refractivity contribution in [3.8, 4) is 5.75 Å². The van der Waals surface area contributed by atoms with E-state index in [-0.39, 0.29) is 34.9 Å². The van der Waals surface area contributed by atoms with Gasteiger partial charge in [-0.05, 0) is 56.9 Å². The summed E-state index contributed by atoms with van der Waals surface area (Å²) in [7, 11) is 0.932. The van der Waals surface area contributed by atoms with Crippen LogP contribution in [0.3, 0.4) is 0 Å². The van der Waals surface area contributed by atoms with E-state index in [1.54, 1.807) is 73.6 Å². The number of rotatable bonds is 12. The summed E-state index contributed by atoms with van der Waals surface area (Å²) in [6.45, 7) is 2.07. The Morgan fingerprint density at radius 2 is 1.50 bits per heavy atom. The second kappa shape index (κ2) is 13.3. The second-order valence-electron chi connectivity index (χ2n) is 9.70. The van der Waals surface area contributed by atoms with Gasteiger partial charge < -0.3 is 25.6 Å². The normalized spacial score (nSPS) is 11.3. The molecule has 0 aliphatic carbocycles. The molecule has 2 amide bonds. The van der Waals surface area contributed by atoms with Crippen molar-refractivity contribution in [1.29, 1.82) is 0 Å². The quantitative estimate of drug-likeness (QED) is 0.187. The molecule has 1 heterocycles. The smallest absolute Gasteiger partial charge is 0.263 e. The highest BCUT2D eigenvalue weighted by molar-refractivity contribution is 7.92. The number of methoxy groups -OCH3 is 1. The Morgan fingerprint density at radius 1 is 0.833 bits per heavy atom. The zero-order valence-electron chi connectivity index (χ0n) is 23.8. The van der Waals surface area contributed by atoms with E-state index in [0.29, 0.717) is 46.7 Å². The first-order chi connectivity index (χ1) is 20.1. The predicted molar refractivity (Wildman–Crippen MR) is 164 cm³/mol. The van der Waals surface area contributed by atoms with Gasteiger partial charge in [0.2, 0.25) is 11.8 Å². The first kappa shape index (κ1) is 30.2. The van der Waals surface area contributed by atoms with E-state index in [0.717, 1.165) is 0 Å². The van der Waals surface area contributed by atoms with E-state index in [1.807, 2.05) is 6.92 Å². The Labute approximate surface area is 244 Å². The molecule has 0 bridgehead atoms. The Balaban J connectivity index is 1.69. The lowest BCUT2D eigenvalue weighted by atomic mass is 10.2. The van der Waals surface area contributed by atoms with Gasteiger partial charge in [0, 0.05) is 35.6 Å². The lowest BCUT2D eigenvalue weighted by Crippen LogP contribution is -2.27. The average Bonchev–Trinajstić information content (AvgIpc) is 2.93. The molecule has 4 rings (SSSR count). The average molecular weight is 592 g/mol. The first-order valence-corrected chi connectivity index (χ1v) is 14.6. The lowest BCUT2D eigenvalue weighted by molar-refractivity contribution is -0.117. The number of aromatic nitrogens is 2. The molecule has 0 unspecified atom stereocenters. The second-order valence-corrected chi connectivity index (χ2v) is 11.4. The summed E-state index contributed by atoms with van der Waals surface area (Å²) in [5, 5.41) is 8.66. The first-order valence-electron chi connectivity index (χ1n) is 13.2. The van der Waals surface area contributed by atoms with Crippen LogP contribution in [0, 0.1) is 0 Å². The fraction of sp³-hybridized carbons (Fsp3) is 0.241. The number of carbonyl (C=O) groups is 2. The summed E-state index contributed by atoms with van der Waals surface area (Å²) in [6.07, 6.45) is 0.987. The minimum absolute atomic E-state index is 0.0462. The van der Waals surface area contributed by atoms with Crippen LogP contribution in [0.5, 0.6) is 5.75 Å². The maximum Gasteiger partial charge on any atom is 0.263 e. The van der Waals surface area contributed by atoms with Crippen molar-refractivity contribution in [3.63, 3.8) is 0 Å². The van der Waals surface area contributed by atoms with Crippen LogP contribution in [0.4, 0.5) is 28.7 Å². The number of amides is 2. The van der Waals surface area contributed by atoms with E-state index < -0.39 is 10.0 Å². The molecule has 13 heteroatoms. The minimum atomic E-state index is -4.15. The zero-order chi connectivity index (χ0) is 30.3. The highest BCUT2D eigenvalue weighted by atomic mass is 32.2. The van der Waals surface area contributed by atoms with Gasteiger partial charge in [-0.1, -0.05) is 25.1 Å². The number of sulfonamides is 1. The number of nitrogens with zero attached hydrogens (tertiary/aromatic N) is 3. The molecular formula is C29H33N7O5S. The maximum atomic E-state index is 13.5. The largest absolute Gasteiger partial charge is 0.497 e. The van der Waals surface area contributed by atoms with Crippen molar-refractivity contribution in [1.82, 2.24) is 14.9 Å². The number of ether oxygens (including phenoxy) is 1. The van der Waals surface area contributed by atoms with Crippen LogP contribution >= 0.6 is 0 Å². The molecule has 0 saturated carbocycles. The predicted octanol–water partition coefficient (Wildman–Crippen LogP) is 4.42. The fourth-order valence-corrected chi connectivity index (χ4v) is 5.08. The van der Waals surface area contributed by atoms with Gasteiger partial charge in [-0.15, -0.1) is 0 Å². The fourth-order valence-electron chi connectivity index (χ4n) is 4.02. The topological polar surface area (TPSA) is 155 Å². The number of para-hydroxylation sites is 2. The van der Waals surface area contributed by atoms with Gasteiger partial charge in [0.05, 0.1) is 29.6 Å². The summed E-state index contributed by atoms with van der Waals surface area (Å²) in [5.41, 5.74) is 2.32. The number of nitrogens with one attached hydrogen (secondary N) is 4. The summed E-state index contributed by atoms with van der Waals surface area (Å²) >= 11 is 0. The van der Waals surface area contributed by atoms with E-state index in [9.17, 15) is 18.0 Å². The molecule has 0 spiro atoms. The minimum Gasteiger partial charge on any atom is -0.497 e. The molecule has 12 nitrogen and oxygen atoms in total. The molecule has 4 aromatic rings. The van der Waals surface area contributed by atoms with Crippen molar-refractivity contribution in [3.05, 3.63) is 66.7 Å². The summed E-state index contributed by atoms with van der Waals surface area (Å²) in [4.78, 5) is 35.2. The number of anilines is 5. The molecule has 42 heavy (non-hydrogen) atoms. The van der Waals surface area contributed by atoms with Crippen LogP contribution in [-0.4, -0.2) is 62.8 Å². The molecular weight excluding hydrogens is 558 g/mol. The van der Waals surface area contributed by atoms with Gasteiger partial charge >= 0.3 is 0 Å². The van der Waals surface area contributed by atoms with Crippen molar-refractivity contribution in [2.45, 2.75) is 24.7 Å². The van der Waals surface area contributed by atoms with Crippen molar-refractivity contribution in [2.24, 2.45) is 0 Å². The molecule has 0 aliphatic rings. The van der Waals surface area contributed by atoms with Gasteiger partial charge in [0.25, 0.3) is 10.0 Å². The molecule has 0 radical (unpaired) electrons. The number of hydrogen-bond acceptors (Lipinski definition) is 9. The Kier molecular flexibility index (Phi) is 9.55. The van der Waals surface area contributed by atoms with Gasteiger partial charge in [-0.2, -0.15) is 0 Å². The third-order valence-corrected chi connectivity index (χ3v) is 7.19. The molecule has 220 valence electrons.